The lowest BCUT2D eigenvalue weighted by Crippen LogP contribution is -2.53. The molecule has 3 N–H and O–H groups in total. The molecule has 10 nitrogen and oxygen atoms in total. The molecule has 5 amide bonds. The van der Waals surface area contributed by atoms with Crippen LogP contribution in [-0.2, 0) is 24.0 Å². The molecule has 3 aliphatic rings. The Hall–Kier alpha value is -2.65. The Morgan fingerprint density at radius 1 is 0.815 bits per heavy atom. The molecule has 3 fully saturated rings. The van der Waals surface area contributed by atoms with Crippen molar-refractivity contribution in [1.82, 2.24) is 25.8 Å². The molecule has 3 aliphatic heterocycles. The molecule has 0 aliphatic carbocycles. The Bertz CT molecular complexity index is 666. The van der Waals surface area contributed by atoms with Crippen LogP contribution in [0.3, 0.4) is 0 Å². The van der Waals surface area contributed by atoms with Crippen molar-refractivity contribution in [2.24, 2.45) is 0 Å². The van der Waals surface area contributed by atoms with Gasteiger partial charge in [0.15, 0.2) is 0 Å². The summed E-state index contributed by atoms with van der Waals surface area (Å²) in [5, 5.41) is 7.69. The summed E-state index contributed by atoms with van der Waals surface area (Å²) in [7, 11) is 0. The SMILES string of the molecule is CC1NC(=O)CNC(=O)C2CCCN2C(=O)CNC(=O)C2CCCN2C1=O. The molecule has 0 saturated carbocycles. The van der Waals surface area contributed by atoms with Gasteiger partial charge in [0.2, 0.25) is 29.5 Å². The van der Waals surface area contributed by atoms with Gasteiger partial charge in [-0.15, -0.1) is 0 Å². The zero-order valence-electron chi connectivity index (χ0n) is 15.3. The van der Waals surface area contributed by atoms with Crippen molar-refractivity contribution >= 4 is 29.5 Å². The summed E-state index contributed by atoms with van der Waals surface area (Å²) < 4.78 is 0. The van der Waals surface area contributed by atoms with Gasteiger partial charge in [0.1, 0.15) is 18.1 Å². The lowest BCUT2D eigenvalue weighted by atomic mass is 10.2. The first kappa shape index (κ1) is 19.1. The van der Waals surface area contributed by atoms with E-state index in [1.807, 2.05) is 0 Å². The molecule has 0 aromatic rings. The summed E-state index contributed by atoms with van der Waals surface area (Å²) in [5.41, 5.74) is 0. The minimum atomic E-state index is -0.808. The molecule has 3 atom stereocenters. The number of nitrogens with zero attached hydrogens (tertiary/aromatic N) is 2. The van der Waals surface area contributed by atoms with Crippen LogP contribution in [0.4, 0.5) is 0 Å². The average molecular weight is 379 g/mol. The molecular formula is C17H25N5O5. The van der Waals surface area contributed by atoms with Gasteiger partial charge in [-0.25, -0.2) is 0 Å². The summed E-state index contributed by atoms with van der Waals surface area (Å²) in [6.45, 7) is 1.93. The van der Waals surface area contributed by atoms with Gasteiger partial charge in [0.05, 0.1) is 13.1 Å². The highest BCUT2D eigenvalue weighted by atomic mass is 16.2. The van der Waals surface area contributed by atoms with Crippen LogP contribution in [-0.4, -0.2) is 83.6 Å². The maximum Gasteiger partial charge on any atom is 0.245 e. The Balaban J connectivity index is 1.80. The molecule has 10 heteroatoms. The third kappa shape index (κ3) is 4.04. The van der Waals surface area contributed by atoms with Crippen molar-refractivity contribution in [1.29, 1.82) is 0 Å². The molecule has 0 aromatic carbocycles. The van der Waals surface area contributed by atoms with E-state index in [0.29, 0.717) is 38.8 Å². The third-order valence-corrected chi connectivity index (χ3v) is 5.30. The average Bonchev–Trinajstić information content (AvgIpc) is 3.31. The molecule has 0 aromatic heterocycles. The fourth-order valence-electron chi connectivity index (χ4n) is 3.91. The van der Waals surface area contributed by atoms with Crippen LogP contribution in [0, 0.1) is 0 Å². The van der Waals surface area contributed by atoms with Gasteiger partial charge in [0.25, 0.3) is 0 Å². The van der Waals surface area contributed by atoms with E-state index in [-0.39, 0.29) is 30.8 Å². The van der Waals surface area contributed by atoms with E-state index in [2.05, 4.69) is 16.0 Å². The number of carbonyl (C=O) groups is 5. The topological polar surface area (TPSA) is 128 Å². The van der Waals surface area contributed by atoms with Crippen molar-refractivity contribution in [3.63, 3.8) is 0 Å². The van der Waals surface area contributed by atoms with E-state index in [4.69, 9.17) is 0 Å². The van der Waals surface area contributed by atoms with Gasteiger partial charge in [-0.05, 0) is 32.6 Å². The highest BCUT2D eigenvalue weighted by molar-refractivity contribution is 5.96. The number of rotatable bonds is 0. The summed E-state index contributed by atoms with van der Waals surface area (Å²) in [6, 6.07) is -2.10. The molecule has 3 saturated heterocycles. The van der Waals surface area contributed by atoms with Crippen LogP contribution < -0.4 is 16.0 Å². The number of amides is 5. The van der Waals surface area contributed by atoms with Crippen LogP contribution in [0.15, 0.2) is 0 Å². The normalized spacial score (nSPS) is 30.7. The van der Waals surface area contributed by atoms with Crippen LogP contribution >= 0.6 is 0 Å². The second-order valence-electron chi connectivity index (χ2n) is 7.16. The molecule has 3 unspecified atom stereocenters. The zero-order valence-corrected chi connectivity index (χ0v) is 15.3. The minimum Gasteiger partial charge on any atom is -0.345 e. The monoisotopic (exact) mass is 379 g/mol. The molecular weight excluding hydrogens is 354 g/mol. The molecule has 0 bridgehead atoms. The lowest BCUT2D eigenvalue weighted by Gasteiger charge is -2.27. The maximum absolute atomic E-state index is 12.6. The summed E-state index contributed by atoms with van der Waals surface area (Å²) in [4.78, 5) is 64.9. The van der Waals surface area contributed by atoms with E-state index >= 15 is 0 Å². The van der Waals surface area contributed by atoms with Gasteiger partial charge >= 0.3 is 0 Å². The highest BCUT2D eigenvalue weighted by Gasteiger charge is 2.38. The Labute approximate surface area is 157 Å². The minimum absolute atomic E-state index is 0.214. The van der Waals surface area contributed by atoms with Gasteiger partial charge in [-0.2, -0.15) is 0 Å². The first-order valence-corrected chi connectivity index (χ1v) is 9.33. The number of carbonyl (C=O) groups excluding carboxylic acids is 5. The zero-order chi connectivity index (χ0) is 19.6. The summed E-state index contributed by atoms with van der Waals surface area (Å²) >= 11 is 0. The smallest absolute Gasteiger partial charge is 0.245 e. The van der Waals surface area contributed by atoms with Crippen molar-refractivity contribution in [2.75, 3.05) is 26.2 Å². The Kier molecular flexibility index (Phi) is 5.62. The largest absolute Gasteiger partial charge is 0.345 e. The molecule has 0 radical (unpaired) electrons. The standard InChI is InChI=1S/C17H25N5O5/c1-10-17(27)22-7-3-5-12(22)16(26)19-9-14(24)21-6-2-4-11(21)15(25)18-8-13(23)20-10/h10-12H,2-9H2,1H3,(H,18,25)(H,19,26)(H,20,23). The molecule has 148 valence electrons. The fraction of sp³-hybridized carbons (Fsp3) is 0.706. The quantitative estimate of drug-likeness (QED) is 0.437. The maximum atomic E-state index is 12.6. The van der Waals surface area contributed by atoms with E-state index in [0.717, 1.165) is 0 Å². The van der Waals surface area contributed by atoms with Crippen molar-refractivity contribution in [3.8, 4) is 0 Å². The first-order valence-electron chi connectivity index (χ1n) is 9.33. The molecule has 3 heterocycles. The van der Waals surface area contributed by atoms with Gasteiger partial charge < -0.3 is 25.8 Å². The number of hydrogen-bond donors (Lipinski definition) is 3. The van der Waals surface area contributed by atoms with Crippen LogP contribution in [0.1, 0.15) is 32.6 Å². The van der Waals surface area contributed by atoms with Gasteiger partial charge in [-0.1, -0.05) is 0 Å². The van der Waals surface area contributed by atoms with E-state index < -0.39 is 29.9 Å². The van der Waals surface area contributed by atoms with Crippen LogP contribution in [0.5, 0.6) is 0 Å². The van der Waals surface area contributed by atoms with E-state index in [9.17, 15) is 24.0 Å². The summed E-state index contributed by atoms with van der Waals surface area (Å²) in [6.07, 6.45) is 2.39. The Morgan fingerprint density at radius 3 is 2.04 bits per heavy atom. The van der Waals surface area contributed by atoms with E-state index in [1.54, 1.807) is 6.92 Å². The molecule has 3 rings (SSSR count). The number of fused-ring (bicyclic) bond motifs is 2. The van der Waals surface area contributed by atoms with Crippen molar-refractivity contribution < 1.29 is 24.0 Å². The van der Waals surface area contributed by atoms with Crippen LogP contribution in [0.2, 0.25) is 0 Å². The second-order valence-corrected chi connectivity index (χ2v) is 7.16. The molecule has 0 spiro atoms. The number of nitrogens with one attached hydrogen (secondary N) is 3. The Morgan fingerprint density at radius 2 is 1.37 bits per heavy atom. The lowest BCUT2D eigenvalue weighted by molar-refractivity contribution is -0.141. The number of hydrogen-bond acceptors (Lipinski definition) is 5. The van der Waals surface area contributed by atoms with E-state index in [1.165, 1.54) is 9.80 Å². The predicted octanol–water partition coefficient (Wildman–Crippen LogP) is -2.28. The fourth-order valence-corrected chi connectivity index (χ4v) is 3.91. The highest BCUT2D eigenvalue weighted by Crippen LogP contribution is 2.20. The molecule has 27 heavy (non-hydrogen) atoms. The van der Waals surface area contributed by atoms with Gasteiger partial charge in [0, 0.05) is 13.1 Å². The second kappa shape index (κ2) is 7.93. The summed E-state index contributed by atoms with van der Waals surface area (Å²) in [5.74, 6) is -1.98. The van der Waals surface area contributed by atoms with Gasteiger partial charge in [-0.3, -0.25) is 24.0 Å². The van der Waals surface area contributed by atoms with Crippen molar-refractivity contribution in [3.05, 3.63) is 0 Å². The van der Waals surface area contributed by atoms with Crippen molar-refractivity contribution in [2.45, 2.75) is 50.7 Å². The third-order valence-electron chi connectivity index (χ3n) is 5.30. The van der Waals surface area contributed by atoms with Crippen LogP contribution in [0.25, 0.3) is 0 Å². The first-order chi connectivity index (χ1) is 12.9. The predicted molar refractivity (Wildman–Crippen MR) is 93.1 cm³/mol.